The van der Waals surface area contributed by atoms with Crippen molar-refractivity contribution in [2.45, 2.75) is 83.5 Å². The fourth-order valence-corrected chi connectivity index (χ4v) is 7.25. The van der Waals surface area contributed by atoms with E-state index in [-0.39, 0.29) is 16.9 Å². The molecule has 4 fully saturated rings. The maximum absolute atomic E-state index is 10.5. The Morgan fingerprint density at radius 2 is 1.50 bits per heavy atom. The molecule has 0 heterocycles. The molecular weight excluding hydrogens is 276 g/mol. The highest BCUT2D eigenvalue weighted by Gasteiger charge is 2.60. The largest absolute Gasteiger partial charge is 0.393 e. The Hall–Kier alpha value is -0.120. The van der Waals surface area contributed by atoms with E-state index in [2.05, 4.69) is 13.8 Å². The van der Waals surface area contributed by atoms with Gasteiger partial charge in [0.05, 0.1) is 18.3 Å². The number of rotatable bonds is 0. The molecule has 4 unspecified atom stereocenters. The van der Waals surface area contributed by atoms with E-state index < -0.39 is 12.2 Å². The molecule has 0 aromatic rings. The first-order valence-electron chi connectivity index (χ1n) is 9.40. The van der Waals surface area contributed by atoms with Crippen molar-refractivity contribution >= 4 is 0 Å². The summed E-state index contributed by atoms with van der Waals surface area (Å²) in [6.07, 6.45) is 7.35. The van der Waals surface area contributed by atoms with E-state index in [1.807, 2.05) is 0 Å². The fourth-order valence-electron chi connectivity index (χ4n) is 7.25. The van der Waals surface area contributed by atoms with Crippen molar-refractivity contribution in [1.82, 2.24) is 0 Å². The molecule has 0 spiro atoms. The summed E-state index contributed by atoms with van der Waals surface area (Å²) in [6, 6.07) is 0. The lowest BCUT2D eigenvalue weighted by molar-refractivity contribution is -0.162. The van der Waals surface area contributed by atoms with Gasteiger partial charge in [-0.2, -0.15) is 0 Å². The van der Waals surface area contributed by atoms with Crippen LogP contribution in [0.5, 0.6) is 0 Å². The number of hydrogen-bond donors (Lipinski definition) is 3. The maximum atomic E-state index is 10.5. The Labute approximate surface area is 134 Å². The average molecular weight is 308 g/mol. The standard InChI is InChI=1S/C19H32O3/c1-18-8-7-14-12(13(18)5-6-17(18)22)4-3-11-9-15(20)16(21)10-19(11,14)2/h11-17,20-22H,3-10H2,1-2H3/t11?,12-,13-,14+,15?,16?,17?,18-,19-/m0/s1. The fraction of sp³-hybridized carbons (Fsp3) is 1.00. The molecule has 3 nitrogen and oxygen atoms in total. The monoisotopic (exact) mass is 308 g/mol. The lowest BCUT2D eigenvalue weighted by Crippen LogP contribution is -2.57. The van der Waals surface area contributed by atoms with Crippen LogP contribution in [0.25, 0.3) is 0 Å². The molecule has 0 aliphatic heterocycles. The zero-order valence-corrected chi connectivity index (χ0v) is 14.0. The molecule has 4 aliphatic rings. The number of fused-ring (bicyclic) bond motifs is 5. The first-order valence-corrected chi connectivity index (χ1v) is 9.40. The predicted molar refractivity (Wildman–Crippen MR) is 85.1 cm³/mol. The van der Waals surface area contributed by atoms with Crippen molar-refractivity contribution in [3.63, 3.8) is 0 Å². The second-order valence-corrected chi connectivity index (χ2v) is 9.37. The van der Waals surface area contributed by atoms with E-state index in [9.17, 15) is 15.3 Å². The first-order chi connectivity index (χ1) is 10.4. The van der Waals surface area contributed by atoms with E-state index >= 15 is 0 Å². The van der Waals surface area contributed by atoms with Gasteiger partial charge in [0.25, 0.3) is 0 Å². The van der Waals surface area contributed by atoms with Crippen LogP contribution in [0, 0.1) is 34.5 Å². The summed E-state index contributed by atoms with van der Waals surface area (Å²) in [5, 5.41) is 30.8. The molecule has 0 amide bonds. The lowest BCUT2D eigenvalue weighted by atomic mass is 9.45. The highest BCUT2D eigenvalue weighted by atomic mass is 16.3. The van der Waals surface area contributed by atoms with Crippen molar-refractivity contribution in [2.75, 3.05) is 0 Å². The van der Waals surface area contributed by atoms with Crippen LogP contribution in [0.1, 0.15) is 65.2 Å². The molecule has 0 radical (unpaired) electrons. The Morgan fingerprint density at radius 3 is 2.27 bits per heavy atom. The molecule has 0 saturated heterocycles. The van der Waals surface area contributed by atoms with Gasteiger partial charge in [-0.3, -0.25) is 0 Å². The molecule has 3 N–H and O–H groups in total. The zero-order chi connectivity index (χ0) is 15.7. The van der Waals surface area contributed by atoms with Crippen LogP contribution in [-0.2, 0) is 0 Å². The number of aliphatic hydroxyl groups is 3. The van der Waals surface area contributed by atoms with Crippen LogP contribution >= 0.6 is 0 Å². The third kappa shape index (κ3) is 1.91. The summed E-state index contributed by atoms with van der Waals surface area (Å²) in [7, 11) is 0. The van der Waals surface area contributed by atoms with Crippen LogP contribution in [-0.4, -0.2) is 33.6 Å². The maximum Gasteiger partial charge on any atom is 0.0804 e. The van der Waals surface area contributed by atoms with Gasteiger partial charge in [0.1, 0.15) is 0 Å². The summed E-state index contributed by atoms with van der Waals surface area (Å²) in [5.74, 6) is 2.64. The van der Waals surface area contributed by atoms with Gasteiger partial charge in [-0.15, -0.1) is 0 Å². The number of aliphatic hydroxyl groups excluding tert-OH is 3. The van der Waals surface area contributed by atoms with Gasteiger partial charge in [-0.05, 0) is 85.9 Å². The molecule has 0 aromatic heterocycles. The van der Waals surface area contributed by atoms with Crippen molar-refractivity contribution in [1.29, 1.82) is 0 Å². The van der Waals surface area contributed by atoms with Crippen LogP contribution < -0.4 is 0 Å². The van der Waals surface area contributed by atoms with Gasteiger partial charge in [-0.25, -0.2) is 0 Å². The average Bonchev–Trinajstić information content (AvgIpc) is 2.77. The molecule has 4 saturated carbocycles. The van der Waals surface area contributed by atoms with Crippen LogP contribution in [0.15, 0.2) is 0 Å². The number of hydrogen-bond acceptors (Lipinski definition) is 3. The summed E-state index contributed by atoms with van der Waals surface area (Å²) in [5.41, 5.74) is 0.327. The Bertz CT molecular complexity index is 452. The van der Waals surface area contributed by atoms with E-state index in [1.165, 1.54) is 25.7 Å². The van der Waals surface area contributed by atoms with E-state index in [4.69, 9.17) is 0 Å². The Kier molecular flexibility index (Phi) is 3.46. The third-order valence-electron chi connectivity index (χ3n) is 8.63. The van der Waals surface area contributed by atoms with Gasteiger partial charge in [-0.1, -0.05) is 13.8 Å². The van der Waals surface area contributed by atoms with Gasteiger partial charge >= 0.3 is 0 Å². The van der Waals surface area contributed by atoms with E-state index in [0.717, 1.165) is 31.6 Å². The van der Waals surface area contributed by atoms with E-state index in [1.54, 1.807) is 0 Å². The SMILES string of the molecule is C[C@]12CC(O)C(O)CC1CC[C@@H]1[C@H]2CC[C@]2(C)C(O)CC[C@@H]12. The second-order valence-electron chi connectivity index (χ2n) is 9.37. The van der Waals surface area contributed by atoms with Gasteiger partial charge in [0.2, 0.25) is 0 Å². The summed E-state index contributed by atoms with van der Waals surface area (Å²) in [6.45, 7) is 4.71. The molecule has 0 aromatic carbocycles. The minimum Gasteiger partial charge on any atom is -0.393 e. The van der Waals surface area contributed by atoms with Gasteiger partial charge < -0.3 is 15.3 Å². The summed E-state index contributed by atoms with van der Waals surface area (Å²) < 4.78 is 0. The highest BCUT2D eigenvalue weighted by molar-refractivity contribution is 5.10. The minimum absolute atomic E-state index is 0.109. The Morgan fingerprint density at radius 1 is 0.773 bits per heavy atom. The highest BCUT2D eigenvalue weighted by Crippen LogP contribution is 2.66. The van der Waals surface area contributed by atoms with Crippen LogP contribution in [0.3, 0.4) is 0 Å². The van der Waals surface area contributed by atoms with Gasteiger partial charge in [0.15, 0.2) is 0 Å². The molecule has 3 heteroatoms. The summed E-state index contributed by atoms with van der Waals surface area (Å²) in [4.78, 5) is 0. The molecule has 22 heavy (non-hydrogen) atoms. The normalized spacial score (nSPS) is 61.2. The molecule has 4 aliphatic carbocycles. The molecule has 4 rings (SSSR count). The van der Waals surface area contributed by atoms with Crippen molar-refractivity contribution < 1.29 is 15.3 Å². The topological polar surface area (TPSA) is 60.7 Å². The molecule has 126 valence electrons. The van der Waals surface area contributed by atoms with Gasteiger partial charge in [0, 0.05) is 0 Å². The van der Waals surface area contributed by atoms with Crippen molar-refractivity contribution in [2.24, 2.45) is 34.5 Å². The lowest BCUT2D eigenvalue weighted by Gasteiger charge is -2.61. The zero-order valence-electron chi connectivity index (χ0n) is 14.0. The minimum atomic E-state index is -0.539. The van der Waals surface area contributed by atoms with Crippen LogP contribution in [0.4, 0.5) is 0 Å². The Balaban J connectivity index is 1.63. The quantitative estimate of drug-likeness (QED) is 0.645. The second kappa shape index (κ2) is 4.94. The molecular formula is C19H32O3. The molecule has 9 atom stereocenters. The van der Waals surface area contributed by atoms with Crippen molar-refractivity contribution in [3.8, 4) is 0 Å². The smallest absolute Gasteiger partial charge is 0.0804 e. The predicted octanol–water partition coefficient (Wildman–Crippen LogP) is 2.72. The van der Waals surface area contributed by atoms with E-state index in [0.29, 0.717) is 17.8 Å². The summed E-state index contributed by atoms with van der Waals surface area (Å²) >= 11 is 0. The molecule has 0 bridgehead atoms. The third-order valence-corrected chi connectivity index (χ3v) is 8.63. The van der Waals surface area contributed by atoms with Crippen LogP contribution in [0.2, 0.25) is 0 Å². The first kappa shape index (κ1) is 15.4. The van der Waals surface area contributed by atoms with Crippen molar-refractivity contribution in [3.05, 3.63) is 0 Å².